The van der Waals surface area contributed by atoms with Crippen LogP contribution in [0.5, 0.6) is 0 Å². The van der Waals surface area contributed by atoms with Crippen molar-refractivity contribution >= 4 is 34.9 Å². The van der Waals surface area contributed by atoms with Gasteiger partial charge in [0.1, 0.15) is 11.6 Å². The Hall–Kier alpha value is -4.57. The number of hydrogen-bond acceptors (Lipinski definition) is 5. The quantitative estimate of drug-likeness (QED) is 0.329. The van der Waals surface area contributed by atoms with Gasteiger partial charge in [-0.25, -0.2) is 14.2 Å². The number of amides is 2. The standard InChI is InChI=1S/C17H15N3O2.C13H12ClFN2O2/c1-10(21)19-13-5-4-11-8-17(9-12(11)7-13)14-3-2-6-18-15(14)20-16(17)22;1-7(2)17-12(18)9(6-16-13(17)19)8-4-3-5-10(15)11(8)14/h2-7H,8-9H2,1H3,(H,19,21)(H,18,20,22);3-7H,1-2H3,(H,16,19)/t17-;/m1./s1. The molecule has 1 spiro atoms. The average Bonchev–Trinajstić information content (AvgIpc) is 3.43. The van der Waals surface area contributed by atoms with Gasteiger partial charge in [-0.15, -0.1) is 0 Å². The Labute approximate surface area is 239 Å². The van der Waals surface area contributed by atoms with Crippen molar-refractivity contribution in [3.63, 3.8) is 0 Å². The molecular weight excluding hydrogens is 549 g/mol. The van der Waals surface area contributed by atoms with Crippen molar-refractivity contribution in [2.75, 3.05) is 10.6 Å². The van der Waals surface area contributed by atoms with Crippen molar-refractivity contribution in [2.24, 2.45) is 0 Å². The summed E-state index contributed by atoms with van der Waals surface area (Å²) in [5.41, 5.74) is 2.88. The topological polar surface area (TPSA) is 126 Å². The van der Waals surface area contributed by atoms with E-state index in [0.717, 1.165) is 26.9 Å². The molecule has 0 radical (unpaired) electrons. The van der Waals surface area contributed by atoms with Crippen molar-refractivity contribution in [3.05, 3.63) is 109 Å². The highest BCUT2D eigenvalue weighted by Crippen LogP contribution is 2.46. The third-order valence-electron chi connectivity index (χ3n) is 7.27. The summed E-state index contributed by atoms with van der Waals surface area (Å²) in [6.45, 7) is 4.92. The summed E-state index contributed by atoms with van der Waals surface area (Å²) in [5.74, 6) is -0.0254. The Balaban J connectivity index is 0.000000167. The number of pyridine rings is 1. The molecule has 2 aromatic carbocycles. The molecule has 0 saturated heterocycles. The van der Waals surface area contributed by atoms with Crippen molar-refractivity contribution < 1.29 is 14.0 Å². The van der Waals surface area contributed by atoms with E-state index in [2.05, 4.69) is 20.6 Å². The van der Waals surface area contributed by atoms with E-state index in [0.29, 0.717) is 18.7 Å². The number of nitrogens with zero attached hydrogens (tertiary/aromatic N) is 2. The van der Waals surface area contributed by atoms with Gasteiger partial charge in [-0.3, -0.25) is 19.0 Å². The van der Waals surface area contributed by atoms with Gasteiger partial charge >= 0.3 is 5.69 Å². The SMILES string of the molecule is CC(=O)Nc1ccc2c(c1)C[C@@]1(C2)C(=O)Nc2ncccc21.CC(C)n1c(=O)[nH]cc(-c2cccc(F)c2Cl)c1=O. The van der Waals surface area contributed by atoms with Crippen LogP contribution in [-0.4, -0.2) is 26.3 Å². The van der Waals surface area contributed by atoms with Crippen molar-refractivity contribution in [2.45, 2.75) is 45.1 Å². The molecule has 0 fully saturated rings. The van der Waals surface area contributed by atoms with Crippen LogP contribution in [0.25, 0.3) is 11.1 Å². The molecule has 3 heterocycles. The molecule has 3 N–H and O–H groups in total. The lowest BCUT2D eigenvalue weighted by Gasteiger charge is -2.20. The average molecular weight is 576 g/mol. The highest BCUT2D eigenvalue weighted by Gasteiger charge is 2.51. The smallest absolute Gasteiger partial charge is 0.326 e. The maximum Gasteiger partial charge on any atom is 0.328 e. The molecule has 41 heavy (non-hydrogen) atoms. The first-order chi connectivity index (χ1) is 19.5. The number of fused-ring (bicyclic) bond motifs is 3. The van der Waals surface area contributed by atoms with Gasteiger partial charge in [0.05, 0.1) is 16.0 Å². The van der Waals surface area contributed by atoms with E-state index < -0.39 is 22.5 Å². The summed E-state index contributed by atoms with van der Waals surface area (Å²) in [6, 6.07) is 13.6. The summed E-state index contributed by atoms with van der Waals surface area (Å²) in [7, 11) is 0. The Kier molecular flexibility index (Phi) is 7.35. The van der Waals surface area contributed by atoms with E-state index in [1.54, 1.807) is 20.0 Å². The van der Waals surface area contributed by atoms with Gasteiger partial charge in [0.25, 0.3) is 5.56 Å². The molecule has 2 amide bonds. The third kappa shape index (κ3) is 5.06. The second-order valence-corrected chi connectivity index (χ2v) is 10.7. The van der Waals surface area contributed by atoms with Gasteiger partial charge in [0.15, 0.2) is 0 Å². The van der Waals surface area contributed by atoms with Gasteiger partial charge in [0.2, 0.25) is 11.8 Å². The Morgan fingerprint density at radius 1 is 1.07 bits per heavy atom. The minimum absolute atomic E-state index is 0.0125. The number of aromatic amines is 1. The zero-order valence-electron chi connectivity index (χ0n) is 22.5. The van der Waals surface area contributed by atoms with E-state index in [-0.39, 0.29) is 34.0 Å². The van der Waals surface area contributed by atoms with Gasteiger partial charge in [-0.2, -0.15) is 0 Å². The lowest BCUT2D eigenvalue weighted by atomic mass is 9.79. The molecule has 1 atom stereocenters. The van der Waals surface area contributed by atoms with Crippen LogP contribution in [0.2, 0.25) is 5.02 Å². The lowest BCUT2D eigenvalue weighted by molar-refractivity contribution is -0.120. The second kappa shape index (κ2) is 10.8. The van der Waals surface area contributed by atoms with E-state index in [9.17, 15) is 23.6 Å². The van der Waals surface area contributed by atoms with E-state index in [1.165, 1.54) is 31.3 Å². The maximum atomic E-state index is 13.4. The molecule has 11 heteroatoms. The third-order valence-corrected chi connectivity index (χ3v) is 7.65. The zero-order chi connectivity index (χ0) is 29.5. The highest BCUT2D eigenvalue weighted by molar-refractivity contribution is 6.33. The monoisotopic (exact) mass is 575 g/mol. The number of aromatic nitrogens is 3. The molecule has 0 saturated carbocycles. The summed E-state index contributed by atoms with van der Waals surface area (Å²) in [4.78, 5) is 54.4. The van der Waals surface area contributed by atoms with Gasteiger partial charge in [-0.05, 0) is 62.1 Å². The zero-order valence-corrected chi connectivity index (χ0v) is 23.3. The minimum Gasteiger partial charge on any atom is -0.326 e. The molecule has 4 aromatic rings. The predicted molar refractivity (Wildman–Crippen MR) is 155 cm³/mol. The number of carbonyl (C=O) groups excluding carboxylic acids is 2. The summed E-state index contributed by atoms with van der Waals surface area (Å²) >= 11 is 5.86. The Morgan fingerprint density at radius 3 is 2.56 bits per heavy atom. The number of halogens is 2. The van der Waals surface area contributed by atoms with Crippen LogP contribution in [0.3, 0.4) is 0 Å². The van der Waals surface area contributed by atoms with Crippen LogP contribution in [0, 0.1) is 5.82 Å². The van der Waals surface area contributed by atoms with Crippen molar-refractivity contribution in [1.82, 2.24) is 14.5 Å². The first-order valence-electron chi connectivity index (χ1n) is 13.0. The number of anilines is 2. The fourth-order valence-electron chi connectivity index (χ4n) is 5.41. The van der Waals surface area contributed by atoms with Gasteiger partial charge < -0.3 is 15.6 Å². The van der Waals surface area contributed by atoms with E-state index >= 15 is 0 Å². The second-order valence-electron chi connectivity index (χ2n) is 10.3. The van der Waals surface area contributed by atoms with Crippen LogP contribution in [0.1, 0.15) is 43.5 Å². The van der Waals surface area contributed by atoms with E-state index in [4.69, 9.17) is 11.6 Å². The van der Waals surface area contributed by atoms with Gasteiger partial charge in [0, 0.05) is 42.2 Å². The molecule has 1 aliphatic heterocycles. The fraction of sp³-hybridized carbons (Fsp3) is 0.233. The molecule has 9 nitrogen and oxygen atoms in total. The van der Waals surface area contributed by atoms with Crippen LogP contribution in [-0.2, 0) is 27.8 Å². The van der Waals surface area contributed by atoms with Crippen LogP contribution >= 0.6 is 11.6 Å². The molecule has 6 rings (SSSR count). The van der Waals surface area contributed by atoms with Crippen molar-refractivity contribution in [3.8, 4) is 11.1 Å². The molecule has 1 aliphatic carbocycles. The number of H-pyrrole nitrogens is 1. The fourth-order valence-corrected chi connectivity index (χ4v) is 5.64. The lowest BCUT2D eigenvalue weighted by Crippen LogP contribution is -2.36. The summed E-state index contributed by atoms with van der Waals surface area (Å²) in [5, 5.41) is 5.55. The molecule has 0 unspecified atom stereocenters. The predicted octanol–water partition coefficient (Wildman–Crippen LogP) is 4.61. The maximum absolute atomic E-state index is 13.4. The number of benzene rings is 2. The van der Waals surface area contributed by atoms with Crippen LogP contribution in [0.4, 0.5) is 15.9 Å². The minimum atomic E-state index is -0.610. The number of carbonyl (C=O) groups is 2. The van der Waals surface area contributed by atoms with E-state index in [1.807, 2.05) is 30.3 Å². The van der Waals surface area contributed by atoms with Gasteiger partial charge in [-0.1, -0.05) is 35.9 Å². The van der Waals surface area contributed by atoms with Crippen molar-refractivity contribution in [1.29, 1.82) is 0 Å². The number of hydrogen-bond donors (Lipinski definition) is 3. The largest absolute Gasteiger partial charge is 0.328 e. The summed E-state index contributed by atoms with van der Waals surface area (Å²) in [6.07, 6.45) is 4.26. The van der Waals surface area contributed by atoms with Crippen LogP contribution in [0.15, 0.2) is 70.5 Å². The first-order valence-corrected chi connectivity index (χ1v) is 13.3. The summed E-state index contributed by atoms with van der Waals surface area (Å²) < 4.78 is 14.5. The van der Waals surface area contributed by atoms with Crippen LogP contribution < -0.4 is 21.9 Å². The normalized spacial score (nSPS) is 16.6. The first kappa shape index (κ1) is 28.0. The molecule has 0 bridgehead atoms. The number of nitrogens with one attached hydrogen (secondary N) is 3. The molecular formula is C30H27ClFN5O4. The highest BCUT2D eigenvalue weighted by atomic mass is 35.5. The molecule has 2 aliphatic rings. The number of rotatable bonds is 3. The molecule has 2 aromatic heterocycles. The molecule has 210 valence electrons. The Morgan fingerprint density at radius 2 is 1.83 bits per heavy atom. The Bertz CT molecular complexity index is 1820.